The summed E-state index contributed by atoms with van der Waals surface area (Å²) in [6, 6.07) is 8.61. The molecule has 0 saturated carbocycles. The number of anilines is 1. The number of fused-ring (bicyclic) bond motifs is 1. The summed E-state index contributed by atoms with van der Waals surface area (Å²) in [4.78, 5) is 5.83. The molecule has 1 unspecified atom stereocenters. The van der Waals surface area contributed by atoms with E-state index in [-0.39, 0.29) is 5.82 Å². The lowest BCUT2D eigenvalue weighted by atomic mass is 9.93. The van der Waals surface area contributed by atoms with E-state index in [9.17, 15) is 4.39 Å². The number of hydrogen-bond acceptors (Lipinski definition) is 3. The monoisotopic (exact) mass is 450 g/mol. The highest BCUT2D eigenvalue weighted by Crippen LogP contribution is 2.45. The number of rotatable bonds is 4. The minimum absolute atomic E-state index is 0.210. The van der Waals surface area contributed by atoms with Gasteiger partial charge in [0.05, 0.1) is 20.4 Å². The van der Waals surface area contributed by atoms with Crippen LogP contribution in [0.1, 0.15) is 35.6 Å². The summed E-state index contributed by atoms with van der Waals surface area (Å²) in [6.07, 6.45) is 7.81. The molecular formula is C20H17BrClFN2S. The maximum Gasteiger partial charge on any atom is 0.131 e. The molecule has 0 aliphatic heterocycles. The summed E-state index contributed by atoms with van der Waals surface area (Å²) in [5, 5.41) is 3.77. The molecule has 2 nitrogen and oxygen atoms in total. The average molecular weight is 452 g/mol. The zero-order valence-corrected chi connectivity index (χ0v) is 17.1. The van der Waals surface area contributed by atoms with Gasteiger partial charge in [-0.15, -0.1) is 11.3 Å². The molecule has 0 fully saturated rings. The smallest absolute Gasteiger partial charge is 0.131 e. The number of benzene rings is 1. The van der Waals surface area contributed by atoms with Crippen molar-refractivity contribution < 1.29 is 4.39 Å². The first-order chi connectivity index (χ1) is 12.6. The van der Waals surface area contributed by atoms with Crippen molar-refractivity contribution in [2.45, 2.75) is 31.7 Å². The number of pyridine rings is 1. The molecule has 2 heterocycles. The van der Waals surface area contributed by atoms with Gasteiger partial charge in [0.25, 0.3) is 0 Å². The van der Waals surface area contributed by atoms with Crippen molar-refractivity contribution >= 4 is 54.8 Å². The summed E-state index contributed by atoms with van der Waals surface area (Å²) in [5.74, 6) is 0.296. The maximum absolute atomic E-state index is 13.9. The van der Waals surface area contributed by atoms with E-state index in [0.717, 1.165) is 39.6 Å². The quantitative estimate of drug-likeness (QED) is 0.333. The molecule has 4 rings (SSSR count). The van der Waals surface area contributed by atoms with Gasteiger partial charge in [0.2, 0.25) is 0 Å². The molecule has 3 aromatic rings. The SMILES string of the molecule is Fc1ccccc1CNc1cc(Cl)nc2c(Br)c(C3CC=CCC3)sc12. The van der Waals surface area contributed by atoms with Crippen LogP contribution in [0.3, 0.4) is 0 Å². The van der Waals surface area contributed by atoms with E-state index < -0.39 is 0 Å². The minimum atomic E-state index is -0.210. The number of nitrogens with one attached hydrogen (secondary N) is 1. The van der Waals surface area contributed by atoms with Crippen molar-refractivity contribution in [2.24, 2.45) is 0 Å². The maximum atomic E-state index is 13.9. The van der Waals surface area contributed by atoms with Crippen LogP contribution in [0.25, 0.3) is 10.2 Å². The van der Waals surface area contributed by atoms with Gasteiger partial charge in [0, 0.05) is 23.1 Å². The zero-order valence-electron chi connectivity index (χ0n) is 13.9. The van der Waals surface area contributed by atoms with Crippen molar-refractivity contribution in [3.8, 4) is 0 Å². The van der Waals surface area contributed by atoms with Crippen molar-refractivity contribution in [1.29, 1.82) is 0 Å². The fourth-order valence-electron chi connectivity index (χ4n) is 3.28. The molecular weight excluding hydrogens is 435 g/mol. The first-order valence-electron chi connectivity index (χ1n) is 8.54. The summed E-state index contributed by atoms with van der Waals surface area (Å²) in [6.45, 7) is 0.402. The van der Waals surface area contributed by atoms with Gasteiger partial charge in [-0.05, 0) is 47.2 Å². The molecule has 1 aromatic carbocycles. The van der Waals surface area contributed by atoms with E-state index in [1.807, 2.05) is 12.1 Å². The Bertz CT molecular complexity index is 985. The van der Waals surface area contributed by atoms with E-state index >= 15 is 0 Å². The van der Waals surface area contributed by atoms with Crippen molar-refractivity contribution in [1.82, 2.24) is 4.98 Å². The third-order valence-electron chi connectivity index (χ3n) is 4.64. The lowest BCUT2D eigenvalue weighted by Crippen LogP contribution is -2.02. The van der Waals surface area contributed by atoms with Crippen LogP contribution in [-0.2, 0) is 6.54 Å². The van der Waals surface area contributed by atoms with Crippen LogP contribution in [-0.4, -0.2) is 4.98 Å². The second-order valence-electron chi connectivity index (χ2n) is 6.38. The second-order valence-corrected chi connectivity index (χ2v) is 8.61. The molecule has 1 atom stereocenters. The van der Waals surface area contributed by atoms with Crippen LogP contribution in [0.2, 0.25) is 5.15 Å². The molecule has 0 bridgehead atoms. The zero-order chi connectivity index (χ0) is 18.1. The van der Waals surface area contributed by atoms with Crippen LogP contribution >= 0.6 is 38.9 Å². The summed E-state index contributed by atoms with van der Waals surface area (Å²) in [5.41, 5.74) is 2.40. The number of hydrogen-bond donors (Lipinski definition) is 1. The Labute approximate surface area is 169 Å². The largest absolute Gasteiger partial charge is 0.380 e. The molecule has 1 aliphatic rings. The van der Waals surface area contributed by atoms with Crippen LogP contribution in [0.4, 0.5) is 10.1 Å². The molecule has 1 N–H and O–H groups in total. The average Bonchev–Trinajstić information content (AvgIpc) is 2.98. The Kier molecular flexibility index (Phi) is 5.30. The van der Waals surface area contributed by atoms with Crippen molar-refractivity contribution in [2.75, 3.05) is 5.32 Å². The number of halogens is 3. The van der Waals surface area contributed by atoms with E-state index in [0.29, 0.717) is 23.2 Å². The Morgan fingerprint density at radius 3 is 2.92 bits per heavy atom. The predicted octanol–water partition coefficient (Wildman–Crippen LogP) is 7.29. The summed E-state index contributed by atoms with van der Waals surface area (Å²) in [7, 11) is 0. The molecule has 0 spiro atoms. The summed E-state index contributed by atoms with van der Waals surface area (Å²) < 4.78 is 16.0. The van der Waals surface area contributed by atoms with Gasteiger partial charge in [-0.1, -0.05) is 42.0 Å². The Morgan fingerprint density at radius 2 is 2.15 bits per heavy atom. The van der Waals surface area contributed by atoms with Crippen molar-refractivity contribution in [3.63, 3.8) is 0 Å². The fourth-order valence-corrected chi connectivity index (χ4v) is 5.73. The predicted molar refractivity (Wildman–Crippen MR) is 112 cm³/mol. The summed E-state index contributed by atoms with van der Waals surface area (Å²) >= 11 is 11.7. The van der Waals surface area contributed by atoms with Gasteiger partial charge in [-0.25, -0.2) is 9.37 Å². The third kappa shape index (κ3) is 3.53. The number of allylic oxidation sites excluding steroid dienone is 2. The number of thiophene rings is 1. The Balaban J connectivity index is 1.70. The lowest BCUT2D eigenvalue weighted by molar-refractivity contribution is 0.613. The van der Waals surface area contributed by atoms with Gasteiger partial charge in [0.1, 0.15) is 11.0 Å². The van der Waals surface area contributed by atoms with Crippen molar-refractivity contribution in [3.05, 3.63) is 68.4 Å². The fraction of sp³-hybridized carbons (Fsp3) is 0.250. The Hall–Kier alpha value is -1.43. The number of aromatic nitrogens is 1. The van der Waals surface area contributed by atoms with Gasteiger partial charge in [0.15, 0.2) is 0 Å². The third-order valence-corrected chi connectivity index (χ3v) is 7.28. The number of nitrogens with zero attached hydrogens (tertiary/aromatic N) is 1. The molecule has 0 radical (unpaired) electrons. The van der Waals surface area contributed by atoms with Gasteiger partial charge < -0.3 is 5.32 Å². The first-order valence-corrected chi connectivity index (χ1v) is 10.5. The van der Waals surface area contributed by atoms with Crippen LogP contribution in [0, 0.1) is 5.82 Å². The van der Waals surface area contributed by atoms with E-state index in [4.69, 9.17) is 11.6 Å². The molecule has 134 valence electrons. The molecule has 1 aliphatic carbocycles. The van der Waals surface area contributed by atoms with Crippen LogP contribution < -0.4 is 5.32 Å². The van der Waals surface area contributed by atoms with Gasteiger partial charge >= 0.3 is 0 Å². The molecule has 0 saturated heterocycles. The standard InChI is InChI=1S/C20H17BrClFN2S/c21-17-18-20(26-19(17)12-6-2-1-3-7-12)15(10-16(22)25-18)24-11-13-8-4-5-9-14(13)23/h1-2,4-5,8-10,12H,3,6-7,11H2,(H,24,25). The highest BCUT2D eigenvalue weighted by Gasteiger charge is 2.22. The second kappa shape index (κ2) is 7.67. The topological polar surface area (TPSA) is 24.9 Å². The van der Waals surface area contributed by atoms with Crippen LogP contribution in [0.5, 0.6) is 0 Å². The molecule has 26 heavy (non-hydrogen) atoms. The lowest BCUT2D eigenvalue weighted by Gasteiger charge is -2.16. The normalized spacial score (nSPS) is 17.0. The van der Waals surface area contributed by atoms with E-state index in [1.165, 1.54) is 10.9 Å². The molecule has 6 heteroatoms. The van der Waals surface area contributed by atoms with Gasteiger partial charge in [-0.3, -0.25) is 0 Å². The highest BCUT2D eigenvalue weighted by molar-refractivity contribution is 9.10. The van der Waals surface area contributed by atoms with E-state index in [2.05, 4.69) is 38.4 Å². The molecule has 0 amide bonds. The van der Waals surface area contributed by atoms with E-state index in [1.54, 1.807) is 23.5 Å². The highest BCUT2D eigenvalue weighted by atomic mass is 79.9. The minimum Gasteiger partial charge on any atom is -0.380 e. The molecule has 2 aromatic heterocycles. The van der Waals surface area contributed by atoms with Gasteiger partial charge in [-0.2, -0.15) is 0 Å². The van der Waals surface area contributed by atoms with Crippen LogP contribution in [0.15, 0.2) is 47.0 Å². The first kappa shape index (κ1) is 18.0. The Morgan fingerprint density at radius 1 is 1.31 bits per heavy atom.